The molecule has 14 nitrogen and oxygen atoms in total. The SMILES string of the molecule is COc1ccc2c(O[C@@H]3C[C@H]4C(=O)N[C@]5(C(=O)NS(=O)(=O)C6(C)CC6)C[C@H]5C=CCC[C@H](C)C[C@@H](C)[C@H](NC(=O)O)C(=O)N4C3)nccc2c1. The number of carbonyl (C=O) groups is 4. The van der Waals surface area contributed by atoms with E-state index in [9.17, 15) is 32.7 Å². The molecular weight excluding hydrogens is 666 g/mol. The minimum absolute atomic E-state index is 0.0188. The molecule has 1 aromatic heterocycles. The Bertz CT molecular complexity index is 1830. The molecule has 270 valence electrons. The van der Waals surface area contributed by atoms with Crippen molar-refractivity contribution >= 4 is 44.6 Å². The van der Waals surface area contributed by atoms with E-state index in [0.717, 1.165) is 11.8 Å². The van der Waals surface area contributed by atoms with E-state index in [-0.39, 0.29) is 31.2 Å². The van der Waals surface area contributed by atoms with Gasteiger partial charge in [-0.15, -0.1) is 0 Å². The summed E-state index contributed by atoms with van der Waals surface area (Å²) in [7, 11) is -2.43. The summed E-state index contributed by atoms with van der Waals surface area (Å²) in [4.78, 5) is 60.0. The molecule has 7 atom stereocenters. The van der Waals surface area contributed by atoms with Crippen molar-refractivity contribution in [1.29, 1.82) is 0 Å². The predicted molar refractivity (Wildman–Crippen MR) is 183 cm³/mol. The van der Waals surface area contributed by atoms with E-state index in [2.05, 4.69) is 20.3 Å². The Balaban J connectivity index is 1.33. The predicted octanol–water partition coefficient (Wildman–Crippen LogP) is 3.11. The van der Waals surface area contributed by atoms with Crippen molar-refractivity contribution in [2.45, 2.75) is 94.2 Å². The number of fused-ring (bicyclic) bond motifs is 3. The zero-order valence-corrected chi connectivity index (χ0v) is 29.5. The number of carbonyl (C=O) groups excluding carboxylic acids is 3. The van der Waals surface area contributed by atoms with E-state index in [1.165, 1.54) is 4.90 Å². The van der Waals surface area contributed by atoms with Gasteiger partial charge in [-0.3, -0.25) is 19.1 Å². The highest BCUT2D eigenvalue weighted by molar-refractivity contribution is 7.91. The largest absolute Gasteiger partial charge is 0.497 e. The molecule has 3 heterocycles. The summed E-state index contributed by atoms with van der Waals surface area (Å²) in [5, 5.41) is 16.5. The number of carboxylic acid groups (broad SMARTS) is 1. The van der Waals surface area contributed by atoms with Crippen LogP contribution in [0.3, 0.4) is 0 Å². The summed E-state index contributed by atoms with van der Waals surface area (Å²) < 4.78 is 39.0. The first-order valence-electron chi connectivity index (χ1n) is 17.1. The molecule has 0 unspecified atom stereocenters. The lowest BCUT2D eigenvalue weighted by Crippen LogP contribution is -2.59. The highest BCUT2D eigenvalue weighted by Crippen LogP contribution is 2.47. The first-order chi connectivity index (χ1) is 23.7. The van der Waals surface area contributed by atoms with Crippen LogP contribution in [0, 0.1) is 17.8 Å². The fraction of sp³-hybridized carbons (Fsp3) is 0.571. The molecule has 6 rings (SSSR count). The summed E-state index contributed by atoms with van der Waals surface area (Å²) >= 11 is 0. The number of sulfonamides is 1. The Morgan fingerprint density at radius 3 is 2.60 bits per heavy atom. The molecule has 2 aromatic rings. The number of hydrogen-bond donors (Lipinski definition) is 4. The maximum atomic E-state index is 14.3. The number of aromatic nitrogens is 1. The Morgan fingerprint density at radius 2 is 1.90 bits per heavy atom. The highest BCUT2D eigenvalue weighted by Gasteiger charge is 2.63. The summed E-state index contributed by atoms with van der Waals surface area (Å²) in [5.41, 5.74) is -1.53. The van der Waals surface area contributed by atoms with Gasteiger partial charge in [-0.1, -0.05) is 26.0 Å². The van der Waals surface area contributed by atoms with Gasteiger partial charge >= 0.3 is 6.09 Å². The average Bonchev–Trinajstić information content (AvgIpc) is 3.95. The third kappa shape index (κ3) is 6.96. The van der Waals surface area contributed by atoms with Crippen LogP contribution in [-0.4, -0.2) is 89.4 Å². The van der Waals surface area contributed by atoms with E-state index in [1.54, 1.807) is 38.4 Å². The van der Waals surface area contributed by atoms with Gasteiger partial charge in [0.15, 0.2) is 0 Å². The molecule has 1 saturated heterocycles. The van der Waals surface area contributed by atoms with Gasteiger partial charge in [0.1, 0.15) is 29.5 Å². The van der Waals surface area contributed by atoms with Crippen molar-refractivity contribution in [3.8, 4) is 11.6 Å². The molecule has 0 bridgehead atoms. The topological polar surface area (TPSA) is 193 Å². The first-order valence-corrected chi connectivity index (χ1v) is 18.6. The zero-order valence-electron chi connectivity index (χ0n) is 28.7. The number of ether oxygens (including phenoxy) is 2. The number of hydrogen-bond acceptors (Lipinski definition) is 9. The number of nitrogens with zero attached hydrogens (tertiary/aromatic N) is 2. The lowest BCUT2D eigenvalue weighted by Gasteiger charge is -2.32. The van der Waals surface area contributed by atoms with Gasteiger partial charge in [-0.2, -0.15) is 0 Å². The standard InChI is InChI=1S/C35H45N5O9S/c1-20-7-5-6-8-23-18-35(23,32(43)39-50(46,47)34(3)12-13-34)38-29(41)27-17-25(19-40(27)31(42)28(21(2)15-20)37-33(44)45)49-30-26-10-9-24(48-4)16-22(26)11-14-36-30/h6,8-11,14,16,20-21,23,25,27-28,37H,5,7,12-13,15,17-19H2,1-4H3,(H,38,41)(H,39,43)(H,44,45)/t20-,21+,23+,25+,27-,28-,35+/m0/s1. The van der Waals surface area contributed by atoms with Gasteiger partial charge in [0.05, 0.1) is 18.4 Å². The Labute approximate surface area is 291 Å². The van der Waals surface area contributed by atoms with Crippen molar-refractivity contribution in [3.63, 3.8) is 0 Å². The quantitative estimate of drug-likeness (QED) is 0.310. The Morgan fingerprint density at radius 1 is 1.14 bits per heavy atom. The van der Waals surface area contributed by atoms with Crippen LogP contribution in [0.4, 0.5) is 4.79 Å². The minimum atomic E-state index is -3.99. The maximum Gasteiger partial charge on any atom is 0.405 e. The molecule has 4 amide bonds. The van der Waals surface area contributed by atoms with Crippen LogP contribution in [0.1, 0.15) is 65.7 Å². The van der Waals surface area contributed by atoms with E-state index in [0.29, 0.717) is 36.8 Å². The molecule has 2 aliphatic carbocycles. The van der Waals surface area contributed by atoms with E-state index in [1.807, 2.05) is 32.1 Å². The van der Waals surface area contributed by atoms with Crippen molar-refractivity contribution in [3.05, 3.63) is 42.6 Å². The Hall–Kier alpha value is -4.40. The second-order valence-electron chi connectivity index (χ2n) is 14.6. The highest BCUT2D eigenvalue weighted by atomic mass is 32.2. The maximum absolute atomic E-state index is 14.3. The van der Waals surface area contributed by atoms with Gasteiger partial charge in [0, 0.05) is 23.9 Å². The number of amides is 4. The lowest BCUT2D eigenvalue weighted by atomic mass is 9.88. The monoisotopic (exact) mass is 711 g/mol. The van der Waals surface area contributed by atoms with Crippen molar-refractivity contribution in [1.82, 2.24) is 25.2 Å². The molecule has 3 fully saturated rings. The summed E-state index contributed by atoms with van der Waals surface area (Å²) in [6.07, 6.45) is 6.28. The van der Waals surface area contributed by atoms with Crippen molar-refractivity contribution < 1.29 is 42.2 Å². The molecular formula is C35H45N5O9S. The van der Waals surface area contributed by atoms with Crippen LogP contribution in [0.5, 0.6) is 11.6 Å². The van der Waals surface area contributed by atoms with Gasteiger partial charge in [0.2, 0.25) is 27.7 Å². The molecule has 50 heavy (non-hydrogen) atoms. The number of pyridine rings is 1. The van der Waals surface area contributed by atoms with Gasteiger partial charge in [-0.25, -0.2) is 18.2 Å². The van der Waals surface area contributed by atoms with Crippen LogP contribution in [0.25, 0.3) is 10.8 Å². The molecule has 2 aliphatic heterocycles. The minimum Gasteiger partial charge on any atom is -0.497 e. The first kappa shape index (κ1) is 35.4. The molecule has 2 saturated carbocycles. The third-order valence-electron chi connectivity index (χ3n) is 10.7. The summed E-state index contributed by atoms with van der Waals surface area (Å²) in [5.74, 6) is -1.86. The summed E-state index contributed by atoms with van der Waals surface area (Å²) in [6.45, 7) is 5.36. The van der Waals surface area contributed by atoms with Crippen LogP contribution in [-0.2, 0) is 24.4 Å². The molecule has 4 aliphatic rings. The zero-order chi connectivity index (χ0) is 36.0. The second-order valence-corrected chi connectivity index (χ2v) is 16.8. The van der Waals surface area contributed by atoms with Gasteiger partial charge < -0.3 is 30.1 Å². The van der Waals surface area contributed by atoms with Crippen LogP contribution >= 0.6 is 0 Å². The second kappa shape index (κ2) is 13.4. The number of nitrogens with one attached hydrogen (secondary N) is 3. The number of rotatable bonds is 7. The fourth-order valence-electron chi connectivity index (χ4n) is 7.24. The number of allylic oxidation sites excluding steroid dienone is 1. The van der Waals surface area contributed by atoms with Gasteiger partial charge in [0.25, 0.3) is 5.91 Å². The van der Waals surface area contributed by atoms with Crippen molar-refractivity contribution in [2.75, 3.05) is 13.7 Å². The molecule has 1 aromatic carbocycles. The molecule has 4 N–H and O–H groups in total. The van der Waals surface area contributed by atoms with Crippen LogP contribution < -0.4 is 24.8 Å². The number of methoxy groups -OCH3 is 1. The normalized spacial score (nSPS) is 30.9. The number of benzene rings is 1. The van der Waals surface area contributed by atoms with Crippen molar-refractivity contribution in [2.24, 2.45) is 17.8 Å². The average molecular weight is 712 g/mol. The van der Waals surface area contributed by atoms with Crippen LogP contribution in [0.15, 0.2) is 42.6 Å². The van der Waals surface area contributed by atoms with Crippen LogP contribution in [0.2, 0.25) is 0 Å². The van der Waals surface area contributed by atoms with E-state index in [4.69, 9.17) is 9.47 Å². The Kier molecular flexibility index (Phi) is 9.48. The van der Waals surface area contributed by atoms with Gasteiger partial charge in [-0.05, 0) is 86.9 Å². The summed E-state index contributed by atoms with van der Waals surface area (Å²) in [6, 6.07) is 4.91. The molecule has 0 radical (unpaired) electrons. The molecule has 0 spiro atoms. The lowest BCUT2D eigenvalue weighted by molar-refractivity contribution is -0.142. The fourth-order valence-corrected chi connectivity index (χ4v) is 8.55. The molecule has 15 heteroatoms. The van der Waals surface area contributed by atoms with E-state index >= 15 is 0 Å². The smallest absolute Gasteiger partial charge is 0.405 e. The third-order valence-corrected chi connectivity index (χ3v) is 12.9. The van der Waals surface area contributed by atoms with E-state index < -0.39 is 74.1 Å².